The Bertz CT molecular complexity index is 385. The van der Waals surface area contributed by atoms with E-state index in [1.807, 2.05) is 0 Å². The molecule has 0 unspecified atom stereocenters. The number of aliphatic hydroxyl groups is 1. The van der Waals surface area contributed by atoms with E-state index < -0.39 is 11.9 Å². The summed E-state index contributed by atoms with van der Waals surface area (Å²) < 4.78 is 0.809. The lowest BCUT2D eigenvalue weighted by atomic mass is 10.3. The van der Waals surface area contributed by atoms with Crippen LogP contribution in [0, 0.1) is 0 Å². The second-order valence-corrected chi connectivity index (χ2v) is 2.82. The topological polar surface area (TPSA) is 110 Å². The van der Waals surface area contributed by atoms with Crippen LogP contribution >= 0.6 is 0 Å². The molecule has 0 spiro atoms. The van der Waals surface area contributed by atoms with Crippen molar-refractivity contribution in [3.05, 3.63) is 17.5 Å². The van der Waals surface area contributed by atoms with Crippen LogP contribution in [-0.2, 0) is 6.42 Å². The maximum Gasteiger partial charge on any atom is 0.340 e. The molecule has 0 saturated heterocycles. The first-order valence-electron chi connectivity index (χ1n) is 4.31. The van der Waals surface area contributed by atoms with Crippen LogP contribution < -0.4 is 11.1 Å². The molecule has 7 nitrogen and oxygen atoms in total. The molecule has 0 atom stereocenters. The van der Waals surface area contributed by atoms with Gasteiger partial charge in [-0.3, -0.25) is 4.79 Å². The van der Waals surface area contributed by atoms with Crippen LogP contribution in [0.2, 0.25) is 0 Å². The first kappa shape index (κ1) is 11.2. The fourth-order valence-corrected chi connectivity index (χ4v) is 1.12. The molecule has 0 aliphatic carbocycles. The number of carbonyl (C=O) groups is 2. The molecule has 1 rings (SSSR count). The molecule has 82 valence electrons. The lowest BCUT2D eigenvalue weighted by molar-refractivity contribution is 0.0954. The van der Waals surface area contributed by atoms with Crippen LogP contribution in [0.15, 0.2) is 6.07 Å². The smallest absolute Gasteiger partial charge is 0.340 e. The average molecular weight is 212 g/mol. The van der Waals surface area contributed by atoms with Gasteiger partial charge in [-0.25, -0.2) is 4.79 Å². The molecular formula is C8H12N4O3. The van der Waals surface area contributed by atoms with Crippen molar-refractivity contribution in [2.75, 3.05) is 13.7 Å². The molecule has 1 aromatic heterocycles. The summed E-state index contributed by atoms with van der Waals surface area (Å²) in [4.78, 5) is 22.3. The van der Waals surface area contributed by atoms with E-state index in [1.54, 1.807) is 0 Å². The minimum atomic E-state index is -0.835. The Morgan fingerprint density at radius 3 is 2.80 bits per heavy atom. The van der Waals surface area contributed by atoms with Gasteiger partial charge in [-0.2, -0.15) is 9.78 Å². The monoisotopic (exact) mass is 212 g/mol. The fourth-order valence-electron chi connectivity index (χ4n) is 1.12. The van der Waals surface area contributed by atoms with Crippen molar-refractivity contribution in [2.45, 2.75) is 6.42 Å². The Labute approximate surface area is 85.9 Å². The zero-order valence-electron chi connectivity index (χ0n) is 8.23. The zero-order valence-corrected chi connectivity index (χ0v) is 8.23. The Morgan fingerprint density at radius 2 is 2.33 bits per heavy atom. The molecule has 0 aliphatic heterocycles. The second-order valence-electron chi connectivity index (χ2n) is 2.82. The molecule has 1 aromatic rings. The van der Waals surface area contributed by atoms with Gasteiger partial charge in [-0.05, 0) is 6.07 Å². The molecule has 0 radical (unpaired) electrons. The lowest BCUT2D eigenvalue weighted by Crippen LogP contribution is -2.29. The summed E-state index contributed by atoms with van der Waals surface area (Å²) in [6.07, 6.45) is 0.268. The van der Waals surface area contributed by atoms with E-state index in [9.17, 15) is 9.59 Å². The third-order valence-electron chi connectivity index (χ3n) is 1.80. The maximum absolute atomic E-state index is 11.3. The summed E-state index contributed by atoms with van der Waals surface area (Å²) in [7, 11) is 1.44. The Kier molecular flexibility index (Phi) is 3.40. The molecule has 1 heterocycles. The number of hydrogen-bond donors (Lipinski definition) is 3. The van der Waals surface area contributed by atoms with Gasteiger partial charge in [-0.1, -0.05) is 0 Å². The highest BCUT2D eigenvalue weighted by Crippen LogP contribution is 2.04. The minimum Gasteiger partial charge on any atom is -0.396 e. The van der Waals surface area contributed by atoms with Gasteiger partial charge in [0.25, 0.3) is 5.91 Å². The third-order valence-corrected chi connectivity index (χ3v) is 1.80. The number of nitrogens with zero attached hydrogens (tertiary/aromatic N) is 2. The van der Waals surface area contributed by atoms with Crippen LogP contribution in [0.3, 0.4) is 0 Å². The summed E-state index contributed by atoms with van der Waals surface area (Å²) in [6.45, 7) is -0.108. The molecule has 0 saturated carbocycles. The van der Waals surface area contributed by atoms with Crippen molar-refractivity contribution in [3.8, 4) is 0 Å². The van der Waals surface area contributed by atoms with Crippen molar-refractivity contribution in [2.24, 2.45) is 5.73 Å². The van der Waals surface area contributed by atoms with Crippen molar-refractivity contribution in [1.82, 2.24) is 15.1 Å². The van der Waals surface area contributed by atoms with E-state index in [1.165, 1.54) is 13.1 Å². The molecule has 0 aromatic carbocycles. The zero-order chi connectivity index (χ0) is 11.4. The van der Waals surface area contributed by atoms with Gasteiger partial charge in [-0.15, -0.1) is 0 Å². The largest absolute Gasteiger partial charge is 0.396 e. The fraction of sp³-hybridized carbons (Fsp3) is 0.375. The van der Waals surface area contributed by atoms with Crippen LogP contribution in [-0.4, -0.2) is 40.5 Å². The SMILES string of the molecule is CNC(=O)c1cc(CCO)nn1C(N)=O. The lowest BCUT2D eigenvalue weighted by Gasteiger charge is -1.99. The molecule has 4 N–H and O–H groups in total. The van der Waals surface area contributed by atoms with Gasteiger partial charge in [0, 0.05) is 20.1 Å². The number of primary amides is 1. The van der Waals surface area contributed by atoms with E-state index in [2.05, 4.69) is 10.4 Å². The number of hydrogen-bond acceptors (Lipinski definition) is 4. The molecule has 0 fully saturated rings. The Balaban J connectivity index is 3.11. The summed E-state index contributed by atoms with van der Waals surface area (Å²) in [6, 6.07) is 0.581. The number of aromatic nitrogens is 2. The summed E-state index contributed by atoms with van der Waals surface area (Å²) in [5.74, 6) is -0.453. The Hall–Kier alpha value is -1.89. The standard InChI is InChI=1S/C8H12N4O3/c1-10-7(14)6-4-5(2-3-13)11-12(6)8(9)15/h4,13H,2-3H2,1H3,(H2,9,15)(H,10,14). The average Bonchev–Trinajstić information content (AvgIpc) is 2.61. The highest BCUT2D eigenvalue weighted by Gasteiger charge is 2.16. The normalized spacial score (nSPS) is 10.0. The van der Waals surface area contributed by atoms with Crippen LogP contribution in [0.1, 0.15) is 16.2 Å². The third kappa shape index (κ3) is 2.32. The summed E-state index contributed by atoms with van der Waals surface area (Å²) in [5, 5.41) is 14.8. The van der Waals surface area contributed by atoms with E-state index in [0.29, 0.717) is 5.69 Å². The number of amides is 2. The van der Waals surface area contributed by atoms with E-state index in [4.69, 9.17) is 10.8 Å². The number of carbonyl (C=O) groups excluding carboxylic acids is 2. The summed E-state index contributed by atoms with van der Waals surface area (Å²) in [5.41, 5.74) is 5.54. The van der Waals surface area contributed by atoms with Crippen molar-refractivity contribution in [3.63, 3.8) is 0 Å². The van der Waals surface area contributed by atoms with E-state index >= 15 is 0 Å². The summed E-state index contributed by atoms with van der Waals surface area (Å²) >= 11 is 0. The van der Waals surface area contributed by atoms with Gasteiger partial charge >= 0.3 is 6.03 Å². The minimum absolute atomic E-state index is 0.0634. The first-order chi connectivity index (χ1) is 7.10. The number of aliphatic hydroxyl groups excluding tert-OH is 1. The first-order valence-corrected chi connectivity index (χ1v) is 4.31. The molecule has 15 heavy (non-hydrogen) atoms. The predicted molar refractivity (Wildman–Crippen MR) is 51.4 cm³/mol. The van der Waals surface area contributed by atoms with Crippen molar-refractivity contribution in [1.29, 1.82) is 0 Å². The molecular weight excluding hydrogens is 200 g/mol. The van der Waals surface area contributed by atoms with Gasteiger partial charge in [0.15, 0.2) is 0 Å². The molecule has 7 heteroatoms. The van der Waals surface area contributed by atoms with Gasteiger partial charge in [0.2, 0.25) is 0 Å². The van der Waals surface area contributed by atoms with Crippen molar-refractivity contribution >= 4 is 11.9 Å². The van der Waals surface area contributed by atoms with E-state index in [0.717, 1.165) is 4.68 Å². The maximum atomic E-state index is 11.3. The molecule has 0 bridgehead atoms. The number of nitrogens with one attached hydrogen (secondary N) is 1. The van der Waals surface area contributed by atoms with Crippen LogP contribution in [0.25, 0.3) is 0 Å². The molecule has 2 amide bonds. The number of rotatable bonds is 3. The van der Waals surface area contributed by atoms with Gasteiger partial charge in [0.1, 0.15) is 5.69 Å². The van der Waals surface area contributed by atoms with E-state index in [-0.39, 0.29) is 18.7 Å². The molecule has 0 aliphatic rings. The highest BCUT2D eigenvalue weighted by atomic mass is 16.3. The quantitative estimate of drug-likeness (QED) is 0.578. The van der Waals surface area contributed by atoms with Crippen LogP contribution in [0.4, 0.5) is 4.79 Å². The van der Waals surface area contributed by atoms with Crippen LogP contribution in [0.5, 0.6) is 0 Å². The second kappa shape index (κ2) is 4.56. The Morgan fingerprint density at radius 1 is 1.67 bits per heavy atom. The predicted octanol–water partition coefficient (Wildman–Crippen LogP) is -1.30. The van der Waals surface area contributed by atoms with Gasteiger partial charge < -0.3 is 16.2 Å². The number of nitrogens with two attached hydrogens (primary N) is 1. The van der Waals surface area contributed by atoms with Crippen molar-refractivity contribution < 1.29 is 14.7 Å². The highest BCUT2D eigenvalue weighted by molar-refractivity contribution is 5.95. The van der Waals surface area contributed by atoms with Gasteiger partial charge in [0.05, 0.1) is 5.69 Å².